The van der Waals surface area contributed by atoms with Gasteiger partial charge in [0.25, 0.3) is 5.91 Å². The topological polar surface area (TPSA) is 57.7 Å². The molecular formula is C23H24N4O2. The van der Waals surface area contributed by atoms with Crippen molar-refractivity contribution in [2.24, 2.45) is 0 Å². The van der Waals surface area contributed by atoms with E-state index >= 15 is 0 Å². The van der Waals surface area contributed by atoms with Crippen LogP contribution in [0.15, 0.2) is 72.9 Å². The highest BCUT2D eigenvalue weighted by Crippen LogP contribution is 2.29. The zero-order valence-electron chi connectivity index (χ0n) is 16.4. The first-order valence-electron chi connectivity index (χ1n) is 9.70. The van der Waals surface area contributed by atoms with E-state index in [4.69, 9.17) is 4.74 Å². The number of aromatic nitrogens is 1. The SMILES string of the molecule is COc1ccccc1N1CCN(c2cc(C(=O)Nc3ccccc3)ccn2)CC1. The van der Waals surface area contributed by atoms with Crippen molar-refractivity contribution in [3.8, 4) is 5.75 Å². The fraction of sp³-hybridized carbons (Fsp3) is 0.217. The van der Waals surface area contributed by atoms with Gasteiger partial charge < -0.3 is 19.9 Å². The number of ether oxygens (including phenoxy) is 1. The standard InChI is InChI=1S/C23H24N4O2/c1-29-21-10-6-5-9-20(21)26-13-15-27(16-14-26)22-17-18(11-12-24-22)23(28)25-19-7-3-2-4-8-19/h2-12,17H,13-16H2,1H3,(H,25,28). The average molecular weight is 388 g/mol. The minimum Gasteiger partial charge on any atom is -0.495 e. The summed E-state index contributed by atoms with van der Waals surface area (Å²) in [5.74, 6) is 1.58. The van der Waals surface area contributed by atoms with E-state index in [0.29, 0.717) is 5.56 Å². The van der Waals surface area contributed by atoms with Gasteiger partial charge in [-0.05, 0) is 36.4 Å². The minimum absolute atomic E-state index is 0.132. The van der Waals surface area contributed by atoms with E-state index in [-0.39, 0.29) is 5.91 Å². The van der Waals surface area contributed by atoms with Crippen LogP contribution in [0.3, 0.4) is 0 Å². The van der Waals surface area contributed by atoms with Gasteiger partial charge in [-0.15, -0.1) is 0 Å². The van der Waals surface area contributed by atoms with Gasteiger partial charge in [-0.2, -0.15) is 0 Å². The van der Waals surface area contributed by atoms with Gasteiger partial charge in [0.1, 0.15) is 11.6 Å². The molecule has 0 radical (unpaired) electrons. The van der Waals surface area contributed by atoms with E-state index in [0.717, 1.165) is 49.1 Å². The molecule has 0 aliphatic carbocycles. The smallest absolute Gasteiger partial charge is 0.255 e. The number of hydrogen-bond acceptors (Lipinski definition) is 5. The lowest BCUT2D eigenvalue weighted by molar-refractivity contribution is 0.102. The number of anilines is 3. The Bertz CT molecular complexity index is 969. The quantitative estimate of drug-likeness (QED) is 0.723. The number of amides is 1. The molecule has 0 saturated carbocycles. The Morgan fingerprint density at radius 2 is 1.62 bits per heavy atom. The predicted octanol–water partition coefficient (Wildman–Crippen LogP) is 3.67. The molecule has 1 saturated heterocycles. The molecule has 1 fully saturated rings. The lowest BCUT2D eigenvalue weighted by atomic mass is 10.2. The van der Waals surface area contributed by atoms with Crippen LogP contribution in [0.5, 0.6) is 5.75 Å². The van der Waals surface area contributed by atoms with Crippen molar-refractivity contribution in [1.82, 2.24) is 4.98 Å². The maximum atomic E-state index is 12.6. The lowest BCUT2D eigenvalue weighted by Crippen LogP contribution is -2.47. The van der Waals surface area contributed by atoms with Gasteiger partial charge in [-0.3, -0.25) is 4.79 Å². The van der Waals surface area contributed by atoms with E-state index in [1.54, 1.807) is 19.4 Å². The summed E-state index contributed by atoms with van der Waals surface area (Å²) in [5.41, 5.74) is 2.49. The number of benzene rings is 2. The number of hydrogen-bond donors (Lipinski definition) is 1. The Balaban J connectivity index is 1.42. The highest BCUT2D eigenvalue weighted by Gasteiger charge is 2.21. The molecule has 1 aromatic heterocycles. The van der Waals surface area contributed by atoms with Gasteiger partial charge in [0.2, 0.25) is 0 Å². The molecule has 2 heterocycles. The number of pyridine rings is 1. The van der Waals surface area contributed by atoms with Crippen LogP contribution in [0, 0.1) is 0 Å². The fourth-order valence-corrected chi connectivity index (χ4v) is 3.52. The summed E-state index contributed by atoms with van der Waals surface area (Å²) in [6.07, 6.45) is 1.70. The Labute approximate surface area is 170 Å². The molecule has 1 N–H and O–H groups in total. The summed E-state index contributed by atoms with van der Waals surface area (Å²) in [4.78, 5) is 21.6. The Morgan fingerprint density at radius 1 is 0.931 bits per heavy atom. The Hall–Kier alpha value is -3.54. The lowest BCUT2D eigenvalue weighted by Gasteiger charge is -2.37. The summed E-state index contributed by atoms with van der Waals surface area (Å²) < 4.78 is 5.49. The molecule has 1 amide bonds. The zero-order chi connectivity index (χ0) is 20.1. The second kappa shape index (κ2) is 8.65. The first-order chi connectivity index (χ1) is 14.2. The Morgan fingerprint density at radius 3 is 2.38 bits per heavy atom. The van der Waals surface area contributed by atoms with Crippen LogP contribution in [0.25, 0.3) is 0 Å². The van der Waals surface area contributed by atoms with Crippen molar-refractivity contribution in [3.05, 3.63) is 78.5 Å². The third-order valence-electron chi connectivity index (χ3n) is 5.07. The van der Waals surface area contributed by atoms with Crippen LogP contribution >= 0.6 is 0 Å². The molecule has 6 nitrogen and oxygen atoms in total. The normalized spacial score (nSPS) is 13.8. The first kappa shape index (κ1) is 18.8. The summed E-state index contributed by atoms with van der Waals surface area (Å²) in [6, 6.07) is 21.1. The van der Waals surface area contributed by atoms with Gasteiger partial charge in [-0.25, -0.2) is 4.98 Å². The highest BCUT2D eigenvalue weighted by atomic mass is 16.5. The van der Waals surface area contributed by atoms with E-state index in [2.05, 4.69) is 26.2 Å². The summed E-state index contributed by atoms with van der Waals surface area (Å²) in [7, 11) is 1.70. The monoisotopic (exact) mass is 388 g/mol. The second-order valence-electron chi connectivity index (χ2n) is 6.87. The summed E-state index contributed by atoms with van der Waals surface area (Å²) in [6.45, 7) is 3.38. The number of para-hydroxylation sites is 3. The average Bonchev–Trinajstić information content (AvgIpc) is 2.80. The van der Waals surface area contributed by atoms with E-state index in [1.165, 1.54) is 0 Å². The number of rotatable bonds is 5. The zero-order valence-corrected chi connectivity index (χ0v) is 16.4. The van der Waals surface area contributed by atoms with E-state index in [9.17, 15) is 4.79 Å². The predicted molar refractivity (Wildman–Crippen MR) is 116 cm³/mol. The van der Waals surface area contributed by atoms with Crippen LogP contribution in [-0.2, 0) is 0 Å². The number of carbonyl (C=O) groups is 1. The van der Waals surface area contributed by atoms with Crippen LogP contribution in [0.2, 0.25) is 0 Å². The van der Waals surface area contributed by atoms with Crippen molar-refractivity contribution in [2.45, 2.75) is 0 Å². The van der Waals surface area contributed by atoms with Crippen LogP contribution < -0.4 is 19.9 Å². The molecule has 29 heavy (non-hydrogen) atoms. The van der Waals surface area contributed by atoms with Gasteiger partial charge in [0.15, 0.2) is 0 Å². The largest absolute Gasteiger partial charge is 0.495 e. The Kier molecular flexibility index (Phi) is 5.61. The second-order valence-corrected chi connectivity index (χ2v) is 6.87. The van der Waals surface area contributed by atoms with Crippen LogP contribution in [0.4, 0.5) is 17.2 Å². The van der Waals surface area contributed by atoms with Crippen molar-refractivity contribution >= 4 is 23.1 Å². The number of carbonyl (C=O) groups excluding carboxylic acids is 1. The molecule has 2 aromatic carbocycles. The molecule has 4 rings (SSSR count). The van der Waals surface area contributed by atoms with E-state index in [1.807, 2.05) is 54.6 Å². The molecule has 0 spiro atoms. The number of piperazine rings is 1. The minimum atomic E-state index is -0.132. The first-order valence-corrected chi connectivity index (χ1v) is 9.70. The van der Waals surface area contributed by atoms with Gasteiger partial charge in [0.05, 0.1) is 12.8 Å². The van der Waals surface area contributed by atoms with Crippen LogP contribution in [-0.4, -0.2) is 44.2 Å². The van der Waals surface area contributed by atoms with Crippen molar-refractivity contribution < 1.29 is 9.53 Å². The molecule has 0 bridgehead atoms. The van der Waals surface area contributed by atoms with Crippen molar-refractivity contribution in [1.29, 1.82) is 0 Å². The van der Waals surface area contributed by atoms with Gasteiger partial charge >= 0.3 is 0 Å². The maximum absolute atomic E-state index is 12.6. The van der Waals surface area contributed by atoms with Gasteiger partial charge in [-0.1, -0.05) is 30.3 Å². The van der Waals surface area contributed by atoms with Crippen molar-refractivity contribution in [3.63, 3.8) is 0 Å². The molecular weight excluding hydrogens is 364 g/mol. The molecule has 3 aromatic rings. The van der Waals surface area contributed by atoms with Crippen molar-refractivity contribution in [2.75, 3.05) is 48.4 Å². The third kappa shape index (κ3) is 4.32. The molecule has 1 aliphatic rings. The highest BCUT2D eigenvalue weighted by molar-refractivity contribution is 6.04. The molecule has 6 heteroatoms. The number of nitrogens with zero attached hydrogens (tertiary/aromatic N) is 3. The molecule has 0 atom stereocenters. The molecule has 1 aliphatic heterocycles. The maximum Gasteiger partial charge on any atom is 0.255 e. The molecule has 148 valence electrons. The molecule has 0 unspecified atom stereocenters. The van der Waals surface area contributed by atoms with E-state index < -0.39 is 0 Å². The number of methoxy groups -OCH3 is 1. The fourth-order valence-electron chi connectivity index (χ4n) is 3.52. The van der Waals surface area contributed by atoms with Gasteiger partial charge in [0, 0.05) is 43.6 Å². The summed E-state index contributed by atoms with van der Waals surface area (Å²) >= 11 is 0. The third-order valence-corrected chi connectivity index (χ3v) is 5.07. The summed E-state index contributed by atoms with van der Waals surface area (Å²) in [5, 5.41) is 2.92. The van der Waals surface area contributed by atoms with Crippen LogP contribution in [0.1, 0.15) is 10.4 Å². The number of nitrogens with one attached hydrogen (secondary N) is 1.